The fraction of sp³-hybridized carbons (Fsp3) is 0.222. The molecule has 27 heavy (non-hydrogen) atoms. The Kier molecular flexibility index (Phi) is 6.08. The molecule has 0 saturated carbocycles. The number of rotatable bonds is 6. The number of benzene rings is 1. The van der Waals surface area contributed by atoms with Crippen LogP contribution in [0.15, 0.2) is 59.3 Å². The van der Waals surface area contributed by atoms with Crippen LogP contribution in [0.2, 0.25) is 5.02 Å². The van der Waals surface area contributed by atoms with Gasteiger partial charge in [-0.1, -0.05) is 17.7 Å². The van der Waals surface area contributed by atoms with Gasteiger partial charge in [-0.25, -0.2) is 8.42 Å². The summed E-state index contributed by atoms with van der Waals surface area (Å²) in [5, 5.41) is 9.26. The summed E-state index contributed by atoms with van der Waals surface area (Å²) in [6.07, 6.45) is 3.81. The first-order chi connectivity index (χ1) is 13.0. The van der Waals surface area contributed by atoms with E-state index in [4.69, 9.17) is 21.7 Å². The van der Waals surface area contributed by atoms with Crippen LogP contribution in [0.5, 0.6) is 0 Å². The lowest BCUT2D eigenvalue weighted by Crippen LogP contribution is -2.36. The maximum absolute atomic E-state index is 12.7. The van der Waals surface area contributed by atoms with E-state index in [1.807, 2.05) is 6.07 Å². The molecule has 140 valence electrons. The average Bonchev–Trinajstić information content (AvgIpc) is 2.68. The second-order valence-electron chi connectivity index (χ2n) is 5.84. The van der Waals surface area contributed by atoms with Crippen molar-refractivity contribution in [2.24, 2.45) is 0 Å². The zero-order valence-electron chi connectivity index (χ0n) is 14.3. The van der Waals surface area contributed by atoms with Crippen LogP contribution < -0.4 is 5.48 Å². The Balaban J connectivity index is 1.56. The van der Waals surface area contributed by atoms with Crippen molar-refractivity contribution in [2.75, 3.05) is 13.1 Å². The van der Waals surface area contributed by atoms with E-state index in [0.29, 0.717) is 29.2 Å². The van der Waals surface area contributed by atoms with E-state index in [2.05, 4.69) is 10.5 Å². The maximum atomic E-state index is 12.7. The van der Waals surface area contributed by atoms with Crippen LogP contribution in [0.25, 0.3) is 0 Å². The largest absolute Gasteiger partial charge is 0.271 e. The van der Waals surface area contributed by atoms with Gasteiger partial charge in [0.25, 0.3) is 0 Å². The van der Waals surface area contributed by atoms with Gasteiger partial charge in [-0.15, -0.1) is 0 Å². The van der Waals surface area contributed by atoms with Gasteiger partial charge in [0.1, 0.15) is 6.61 Å². The molecule has 0 saturated heterocycles. The second kappa shape index (κ2) is 8.50. The summed E-state index contributed by atoms with van der Waals surface area (Å²) in [6, 6.07) is 11.5. The maximum Gasteiger partial charge on any atom is 0.243 e. The van der Waals surface area contributed by atoms with Gasteiger partial charge in [0.15, 0.2) is 0 Å². The van der Waals surface area contributed by atoms with E-state index >= 15 is 0 Å². The van der Waals surface area contributed by atoms with Crippen LogP contribution in [0.1, 0.15) is 17.7 Å². The molecule has 7 nitrogen and oxygen atoms in total. The number of halogens is 1. The molecule has 1 N–H and O–H groups in total. The Hall–Kier alpha value is -2.44. The highest BCUT2D eigenvalue weighted by Gasteiger charge is 2.26. The topological polar surface area (TPSA) is 95.3 Å². The van der Waals surface area contributed by atoms with E-state index in [-0.39, 0.29) is 18.0 Å². The monoisotopic (exact) mass is 404 g/mol. The number of sulfonamides is 1. The number of nitrogens with one attached hydrogen (secondary N) is 1. The number of hydrogen-bond donors (Lipinski definition) is 1. The van der Waals surface area contributed by atoms with Gasteiger partial charge in [-0.3, -0.25) is 15.3 Å². The Morgan fingerprint density at radius 3 is 2.89 bits per heavy atom. The van der Waals surface area contributed by atoms with E-state index in [0.717, 1.165) is 5.70 Å². The van der Waals surface area contributed by atoms with Gasteiger partial charge in [-0.2, -0.15) is 9.57 Å². The molecule has 9 heteroatoms. The van der Waals surface area contributed by atoms with E-state index in [9.17, 15) is 8.42 Å². The zero-order chi connectivity index (χ0) is 19.3. The minimum absolute atomic E-state index is 0.180. The minimum atomic E-state index is -3.58. The predicted octanol–water partition coefficient (Wildman–Crippen LogP) is 2.61. The van der Waals surface area contributed by atoms with Crippen molar-refractivity contribution in [3.63, 3.8) is 0 Å². The van der Waals surface area contributed by atoms with Crippen molar-refractivity contribution in [2.45, 2.75) is 17.9 Å². The van der Waals surface area contributed by atoms with Gasteiger partial charge >= 0.3 is 0 Å². The molecule has 1 aliphatic heterocycles. The molecule has 1 aromatic heterocycles. The summed E-state index contributed by atoms with van der Waals surface area (Å²) in [4.78, 5) is 9.71. The van der Waals surface area contributed by atoms with Crippen LogP contribution in [-0.2, 0) is 21.5 Å². The lowest BCUT2D eigenvalue weighted by molar-refractivity contribution is 0.0433. The van der Waals surface area contributed by atoms with Gasteiger partial charge in [0.2, 0.25) is 10.0 Å². The van der Waals surface area contributed by atoms with Gasteiger partial charge in [0, 0.05) is 36.4 Å². The van der Waals surface area contributed by atoms with Crippen LogP contribution in [0.3, 0.4) is 0 Å². The Morgan fingerprint density at radius 1 is 1.33 bits per heavy atom. The molecule has 0 fully saturated rings. The number of nitriles is 1. The SMILES string of the molecule is N#Cc1ccnc(CONC2=CCN(S(=O)(=O)c3cccc(Cl)c3)CC2)c1. The first-order valence-corrected chi connectivity index (χ1v) is 9.98. The van der Waals surface area contributed by atoms with E-state index in [1.165, 1.54) is 16.4 Å². The Bertz CT molecular complexity index is 1000. The van der Waals surface area contributed by atoms with Crippen LogP contribution >= 0.6 is 11.6 Å². The van der Waals surface area contributed by atoms with Crippen molar-refractivity contribution in [1.29, 1.82) is 5.26 Å². The third-order valence-corrected chi connectivity index (χ3v) is 6.07. The smallest absolute Gasteiger partial charge is 0.243 e. The summed E-state index contributed by atoms with van der Waals surface area (Å²) < 4.78 is 26.7. The first kappa shape index (κ1) is 19.3. The first-order valence-electron chi connectivity index (χ1n) is 8.16. The average molecular weight is 405 g/mol. The van der Waals surface area contributed by atoms with Crippen LogP contribution in [0.4, 0.5) is 0 Å². The van der Waals surface area contributed by atoms with Crippen molar-refractivity contribution >= 4 is 21.6 Å². The van der Waals surface area contributed by atoms with Gasteiger partial charge in [0.05, 0.1) is 22.2 Å². The molecule has 0 atom stereocenters. The number of aromatic nitrogens is 1. The van der Waals surface area contributed by atoms with E-state index < -0.39 is 10.0 Å². The standard InChI is InChI=1S/C18H17ClN4O3S/c19-15-2-1-3-18(11-15)27(24,25)23-8-5-16(6-9-23)22-26-13-17-10-14(12-20)4-7-21-17/h1-5,7,10-11,22H,6,8-9,13H2. The molecule has 0 bridgehead atoms. The molecule has 2 aromatic rings. The van der Waals surface area contributed by atoms with Crippen LogP contribution in [0, 0.1) is 11.3 Å². The summed E-state index contributed by atoms with van der Waals surface area (Å²) in [6.45, 7) is 0.763. The predicted molar refractivity (Wildman–Crippen MR) is 99.8 cm³/mol. The summed E-state index contributed by atoms with van der Waals surface area (Å²) in [7, 11) is -3.58. The fourth-order valence-corrected chi connectivity index (χ4v) is 4.25. The highest BCUT2D eigenvalue weighted by atomic mass is 35.5. The zero-order valence-corrected chi connectivity index (χ0v) is 15.9. The number of pyridine rings is 1. The van der Waals surface area contributed by atoms with Gasteiger partial charge < -0.3 is 0 Å². The molecule has 1 aromatic carbocycles. The lowest BCUT2D eigenvalue weighted by Gasteiger charge is -2.26. The molecule has 0 unspecified atom stereocenters. The van der Waals surface area contributed by atoms with Gasteiger partial charge in [-0.05, 0) is 36.4 Å². The van der Waals surface area contributed by atoms with Crippen LogP contribution in [-0.4, -0.2) is 30.8 Å². The van der Waals surface area contributed by atoms with Crippen molar-refractivity contribution in [3.05, 3.63) is 70.6 Å². The molecule has 1 aliphatic rings. The van der Waals surface area contributed by atoms with Crippen molar-refractivity contribution in [3.8, 4) is 6.07 Å². The summed E-state index contributed by atoms with van der Waals surface area (Å²) >= 11 is 5.90. The fourth-order valence-electron chi connectivity index (χ4n) is 2.57. The molecule has 0 aliphatic carbocycles. The summed E-state index contributed by atoms with van der Waals surface area (Å²) in [5.74, 6) is 0. The van der Waals surface area contributed by atoms with Crippen molar-refractivity contribution in [1.82, 2.24) is 14.8 Å². The normalized spacial score (nSPS) is 15.0. The second-order valence-corrected chi connectivity index (χ2v) is 8.21. The van der Waals surface area contributed by atoms with Crippen molar-refractivity contribution < 1.29 is 13.3 Å². The molecule has 2 heterocycles. The quantitative estimate of drug-likeness (QED) is 0.743. The molecule has 0 spiro atoms. The number of hydroxylamine groups is 1. The van der Waals surface area contributed by atoms with E-state index in [1.54, 1.807) is 36.5 Å². The molecular weight excluding hydrogens is 388 g/mol. The molecular formula is C18H17ClN4O3S. The Morgan fingerprint density at radius 2 is 2.19 bits per heavy atom. The number of nitrogens with zero attached hydrogens (tertiary/aromatic N) is 3. The molecule has 0 amide bonds. The molecule has 3 rings (SSSR count). The summed E-state index contributed by atoms with van der Waals surface area (Å²) in [5.41, 5.74) is 4.76. The Labute approximate surface area is 162 Å². The highest BCUT2D eigenvalue weighted by Crippen LogP contribution is 2.22. The lowest BCUT2D eigenvalue weighted by atomic mass is 10.2. The highest BCUT2D eigenvalue weighted by molar-refractivity contribution is 7.89. The minimum Gasteiger partial charge on any atom is -0.271 e. The third-order valence-electron chi connectivity index (χ3n) is 3.97. The number of hydrogen-bond acceptors (Lipinski definition) is 6. The third kappa shape index (κ3) is 4.84. The molecule has 0 radical (unpaired) electrons.